The molecule has 6 nitrogen and oxygen atoms in total. The summed E-state index contributed by atoms with van der Waals surface area (Å²) in [6.45, 7) is 3.71. The molecule has 0 aromatic rings. The van der Waals surface area contributed by atoms with Crippen molar-refractivity contribution >= 4 is 5.90 Å². The maximum Gasteiger partial charge on any atom is 0.214 e. The number of fused-ring (bicyclic) bond motifs is 2. The predicted octanol–water partition coefficient (Wildman–Crippen LogP) is 3.43. The minimum absolute atomic E-state index is 0.0478. The van der Waals surface area contributed by atoms with Crippen LogP contribution in [0.2, 0.25) is 0 Å². The van der Waals surface area contributed by atoms with Crippen molar-refractivity contribution in [2.45, 2.75) is 57.8 Å². The van der Waals surface area contributed by atoms with Gasteiger partial charge in [0.25, 0.3) is 0 Å². The van der Waals surface area contributed by atoms with Crippen molar-refractivity contribution < 1.29 is 9.47 Å². The summed E-state index contributed by atoms with van der Waals surface area (Å²) in [5.74, 6) is -2.01. The van der Waals surface area contributed by atoms with Crippen LogP contribution in [0.15, 0.2) is 12.2 Å². The van der Waals surface area contributed by atoms with E-state index in [2.05, 4.69) is 24.3 Å². The van der Waals surface area contributed by atoms with E-state index in [1.165, 1.54) is 0 Å². The van der Waals surface area contributed by atoms with Crippen LogP contribution in [0.1, 0.15) is 46.0 Å². The smallest absolute Gasteiger partial charge is 0.214 e. The number of nitriles is 3. The Bertz CT molecular complexity index is 726. The van der Waals surface area contributed by atoms with E-state index < -0.39 is 28.6 Å². The Labute approximate surface area is 148 Å². The van der Waals surface area contributed by atoms with E-state index in [0.29, 0.717) is 12.8 Å². The first-order valence-corrected chi connectivity index (χ1v) is 8.80. The van der Waals surface area contributed by atoms with Gasteiger partial charge in [-0.3, -0.25) is 5.41 Å². The predicted molar refractivity (Wildman–Crippen MR) is 88.7 cm³/mol. The van der Waals surface area contributed by atoms with Gasteiger partial charge in [-0.25, -0.2) is 0 Å². The van der Waals surface area contributed by atoms with Crippen molar-refractivity contribution in [2.24, 2.45) is 22.7 Å². The van der Waals surface area contributed by atoms with Gasteiger partial charge in [0.1, 0.15) is 0 Å². The van der Waals surface area contributed by atoms with Gasteiger partial charge in [-0.2, -0.15) is 15.8 Å². The van der Waals surface area contributed by atoms with Crippen LogP contribution >= 0.6 is 0 Å². The fourth-order valence-corrected chi connectivity index (χ4v) is 4.89. The van der Waals surface area contributed by atoms with Crippen LogP contribution in [-0.4, -0.2) is 17.8 Å². The van der Waals surface area contributed by atoms with Gasteiger partial charge < -0.3 is 9.47 Å². The molecule has 2 heterocycles. The molecule has 3 rings (SSSR count). The second-order valence-electron chi connectivity index (χ2n) is 7.32. The molecule has 2 saturated heterocycles. The molecule has 0 aromatic carbocycles. The Morgan fingerprint density at radius 2 is 1.96 bits per heavy atom. The van der Waals surface area contributed by atoms with Crippen molar-refractivity contribution in [1.29, 1.82) is 21.2 Å². The van der Waals surface area contributed by atoms with Crippen LogP contribution in [0.5, 0.6) is 0 Å². The fraction of sp³-hybridized carbons (Fsp3) is 0.684. The third-order valence-corrected chi connectivity index (χ3v) is 6.07. The van der Waals surface area contributed by atoms with Crippen molar-refractivity contribution in [3.8, 4) is 18.2 Å². The summed E-state index contributed by atoms with van der Waals surface area (Å²) in [7, 11) is 0. The first-order chi connectivity index (χ1) is 12.0. The molecule has 6 heteroatoms. The molecule has 2 fully saturated rings. The first-order valence-electron chi connectivity index (χ1n) is 8.80. The number of allylic oxidation sites excluding steroid dienone is 2. The summed E-state index contributed by atoms with van der Waals surface area (Å²) in [6, 6.07) is 6.42. The van der Waals surface area contributed by atoms with E-state index >= 15 is 0 Å². The van der Waals surface area contributed by atoms with Gasteiger partial charge in [-0.1, -0.05) is 25.5 Å². The molecule has 0 aromatic heterocycles. The van der Waals surface area contributed by atoms with E-state index in [4.69, 9.17) is 14.9 Å². The lowest BCUT2D eigenvalue weighted by Gasteiger charge is -2.51. The van der Waals surface area contributed by atoms with Gasteiger partial charge in [0.15, 0.2) is 10.8 Å². The maximum atomic E-state index is 10.1. The van der Waals surface area contributed by atoms with Crippen molar-refractivity contribution in [2.75, 3.05) is 0 Å². The first kappa shape index (κ1) is 17.5. The minimum Gasteiger partial charge on any atom is -0.448 e. The molecule has 25 heavy (non-hydrogen) atoms. The zero-order valence-corrected chi connectivity index (χ0v) is 14.6. The minimum atomic E-state index is -1.75. The van der Waals surface area contributed by atoms with Crippen molar-refractivity contribution in [3.63, 3.8) is 0 Å². The summed E-state index contributed by atoms with van der Waals surface area (Å²) >= 11 is 0. The lowest BCUT2D eigenvalue weighted by atomic mass is 9.51. The average molecular weight is 338 g/mol. The molecule has 1 aliphatic carbocycles. The lowest BCUT2D eigenvalue weighted by molar-refractivity contribution is -0.282. The van der Waals surface area contributed by atoms with Gasteiger partial charge >= 0.3 is 0 Å². The number of nitrogens with one attached hydrogen (secondary N) is 1. The normalized spacial score (nSPS) is 41.2. The molecule has 130 valence electrons. The maximum absolute atomic E-state index is 10.1. The van der Waals surface area contributed by atoms with Crippen LogP contribution in [-0.2, 0) is 9.47 Å². The van der Waals surface area contributed by atoms with E-state index in [1.54, 1.807) is 6.92 Å². The highest BCUT2D eigenvalue weighted by Gasteiger charge is 2.79. The Hall–Kier alpha value is -2.36. The summed E-state index contributed by atoms with van der Waals surface area (Å²) in [6.07, 6.45) is 6.98. The van der Waals surface area contributed by atoms with Crippen molar-refractivity contribution in [3.05, 3.63) is 12.2 Å². The van der Waals surface area contributed by atoms with Crippen LogP contribution in [0, 0.1) is 62.1 Å². The van der Waals surface area contributed by atoms with E-state index in [0.717, 1.165) is 19.3 Å². The number of hydrogen-bond acceptors (Lipinski definition) is 6. The SMILES string of the molecule is CCCC1C2(C)OC(=N)C1(C#N)C(C#N)(C#N)C(C1CC=CCC1)O2. The molecular formula is C19H22N4O2. The monoisotopic (exact) mass is 338 g/mol. The molecule has 5 atom stereocenters. The number of ether oxygens (including phenoxy) is 2. The van der Waals surface area contributed by atoms with E-state index in [-0.39, 0.29) is 11.8 Å². The lowest BCUT2D eigenvalue weighted by Crippen LogP contribution is -2.63. The third kappa shape index (κ3) is 2.00. The van der Waals surface area contributed by atoms with Crippen LogP contribution in [0.25, 0.3) is 0 Å². The zero-order chi connectivity index (χ0) is 18.3. The molecule has 0 amide bonds. The van der Waals surface area contributed by atoms with Crippen LogP contribution in [0.3, 0.4) is 0 Å². The highest BCUT2D eigenvalue weighted by Crippen LogP contribution is 2.65. The summed E-state index contributed by atoms with van der Waals surface area (Å²) in [4.78, 5) is 0. The molecular weight excluding hydrogens is 316 g/mol. The molecule has 3 aliphatic rings. The third-order valence-electron chi connectivity index (χ3n) is 6.07. The average Bonchev–Trinajstić information content (AvgIpc) is 2.79. The molecule has 1 N–H and O–H groups in total. The Morgan fingerprint density at radius 1 is 1.24 bits per heavy atom. The standard InChI is InChI=1S/C19H22N4O2/c1-3-7-14-17(2)24-15(13-8-5-4-6-9-13)18(10-20,11-21)19(14,12-22)16(23)25-17/h4-5,13-15,23H,3,6-9H2,1-2H3. The largest absolute Gasteiger partial charge is 0.448 e. The van der Waals surface area contributed by atoms with Gasteiger partial charge in [-0.15, -0.1) is 0 Å². The van der Waals surface area contributed by atoms with Gasteiger partial charge in [0.05, 0.1) is 30.2 Å². The molecule has 5 unspecified atom stereocenters. The van der Waals surface area contributed by atoms with Gasteiger partial charge in [-0.05, 0) is 31.6 Å². The quantitative estimate of drug-likeness (QED) is 0.792. The van der Waals surface area contributed by atoms with E-state index in [9.17, 15) is 15.8 Å². The summed E-state index contributed by atoms with van der Waals surface area (Å²) in [5.41, 5.74) is -3.34. The Morgan fingerprint density at radius 3 is 2.48 bits per heavy atom. The summed E-state index contributed by atoms with van der Waals surface area (Å²) < 4.78 is 12.0. The van der Waals surface area contributed by atoms with Crippen LogP contribution in [0.4, 0.5) is 0 Å². The second-order valence-corrected chi connectivity index (χ2v) is 7.32. The summed E-state index contributed by atoms with van der Waals surface area (Å²) in [5, 5.41) is 38.7. The molecule has 2 bridgehead atoms. The zero-order valence-electron chi connectivity index (χ0n) is 14.6. The fourth-order valence-electron chi connectivity index (χ4n) is 4.89. The van der Waals surface area contributed by atoms with Crippen molar-refractivity contribution in [1.82, 2.24) is 0 Å². The second kappa shape index (κ2) is 5.87. The molecule has 0 spiro atoms. The number of hydrogen-bond donors (Lipinski definition) is 1. The Balaban J connectivity index is 2.22. The van der Waals surface area contributed by atoms with Gasteiger partial charge in [0, 0.05) is 6.92 Å². The molecule has 0 saturated carbocycles. The molecule has 2 aliphatic heterocycles. The van der Waals surface area contributed by atoms with Crippen LogP contribution < -0.4 is 0 Å². The Kier molecular flexibility index (Phi) is 4.10. The van der Waals surface area contributed by atoms with Gasteiger partial charge in [0.2, 0.25) is 11.7 Å². The number of nitrogens with zero attached hydrogens (tertiary/aromatic N) is 3. The molecule has 0 radical (unpaired) electrons. The highest BCUT2D eigenvalue weighted by molar-refractivity contribution is 5.89. The van der Waals surface area contributed by atoms with E-state index in [1.807, 2.05) is 13.0 Å². The topological polar surface area (TPSA) is 114 Å². The highest BCUT2D eigenvalue weighted by atomic mass is 16.7. The number of rotatable bonds is 3.